The molecule has 1 aliphatic rings. The Morgan fingerprint density at radius 1 is 0.857 bits per heavy atom. The van der Waals surface area contributed by atoms with Crippen molar-refractivity contribution in [3.05, 3.63) is 0 Å². The average molecular weight is 297 g/mol. The van der Waals surface area contributed by atoms with E-state index in [9.17, 15) is 0 Å². The number of hydrogen-bond donors (Lipinski definition) is 1. The molecular weight excluding hydrogens is 256 g/mol. The van der Waals surface area contributed by atoms with Gasteiger partial charge in [-0.15, -0.1) is 0 Å². The molecule has 0 amide bonds. The van der Waals surface area contributed by atoms with Crippen LogP contribution in [0.4, 0.5) is 0 Å². The van der Waals surface area contributed by atoms with Crippen molar-refractivity contribution in [2.45, 2.75) is 96.9 Å². The highest BCUT2D eigenvalue weighted by atomic mass is 15.2. The Labute approximate surface area is 134 Å². The molecule has 21 heavy (non-hydrogen) atoms. The minimum atomic E-state index is 0.386. The number of nitrogens with zero attached hydrogens (tertiary/aromatic N) is 1. The van der Waals surface area contributed by atoms with Crippen molar-refractivity contribution in [3.8, 4) is 0 Å². The number of unbranched alkanes of at least 4 members (excludes halogenated alkanes) is 7. The molecule has 1 N–H and O–H groups in total. The van der Waals surface area contributed by atoms with Crippen LogP contribution in [0, 0.1) is 0 Å². The molecule has 0 unspecified atom stereocenters. The van der Waals surface area contributed by atoms with E-state index in [4.69, 9.17) is 0 Å². The lowest BCUT2D eigenvalue weighted by atomic mass is 9.92. The zero-order chi connectivity index (χ0) is 15.4. The molecular formula is C19H40N2. The zero-order valence-corrected chi connectivity index (χ0v) is 15.1. The van der Waals surface area contributed by atoms with Crippen molar-refractivity contribution in [2.75, 3.05) is 26.2 Å². The minimum Gasteiger partial charge on any atom is -0.310 e. The lowest BCUT2D eigenvalue weighted by Crippen LogP contribution is -2.50. The van der Waals surface area contributed by atoms with Crippen molar-refractivity contribution in [1.82, 2.24) is 10.2 Å². The molecule has 0 aromatic rings. The van der Waals surface area contributed by atoms with Crippen molar-refractivity contribution in [1.29, 1.82) is 0 Å². The maximum absolute atomic E-state index is 3.81. The molecule has 0 saturated carbocycles. The Balaban J connectivity index is 2.13. The third kappa shape index (κ3) is 7.65. The summed E-state index contributed by atoms with van der Waals surface area (Å²) in [7, 11) is 0. The fourth-order valence-electron chi connectivity index (χ4n) is 3.60. The van der Waals surface area contributed by atoms with Gasteiger partial charge < -0.3 is 10.2 Å². The van der Waals surface area contributed by atoms with Gasteiger partial charge in [0.15, 0.2) is 0 Å². The number of nitrogens with one attached hydrogen (secondary N) is 1. The van der Waals surface area contributed by atoms with Gasteiger partial charge in [0.1, 0.15) is 0 Å². The molecule has 126 valence electrons. The average Bonchev–Trinajstić information content (AvgIpc) is 2.73. The van der Waals surface area contributed by atoms with Crippen LogP contribution >= 0.6 is 0 Å². The van der Waals surface area contributed by atoms with Crippen LogP contribution < -0.4 is 5.32 Å². The molecule has 1 saturated heterocycles. The van der Waals surface area contributed by atoms with Crippen LogP contribution in [0.2, 0.25) is 0 Å². The van der Waals surface area contributed by atoms with Gasteiger partial charge in [-0.25, -0.2) is 0 Å². The standard InChI is InChI=1S/C19H40N2/c1-4-7-8-9-10-11-12-13-16-21-17-14-15-20-19(5-2,6-3)18-21/h20H,4-18H2,1-3H3. The summed E-state index contributed by atoms with van der Waals surface area (Å²) in [6.07, 6.45) is 15.3. The molecule has 1 heterocycles. The summed E-state index contributed by atoms with van der Waals surface area (Å²) in [4.78, 5) is 2.73. The molecule has 1 aliphatic heterocycles. The summed E-state index contributed by atoms with van der Waals surface area (Å²) in [6.45, 7) is 12.1. The highest BCUT2D eigenvalue weighted by Crippen LogP contribution is 2.20. The van der Waals surface area contributed by atoms with E-state index in [1.807, 2.05) is 0 Å². The molecule has 0 bridgehead atoms. The first kappa shape index (κ1) is 19.0. The van der Waals surface area contributed by atoms with Crippen molar-refractivity contribution in [3.63, 3.8) is 0 Å². The van der Waals surface area contributed by atoms with Crippen LogP contribution in [0.15, 0.2) is 0 Å². The van der Waals surface area contributed by atoms with E-state index >= 15 is 0 Å². The van der Waals surface area contributed by atoms with Crippen LogP contribution in [0.5, 0.6) is 0 Å². The second-order valence-electron chi connectivity index (χ2n) is 7.02. The molecule has 2 nitrogen and oxygen atoms in total. The van der Waals surface area contributed by atoms with Crippen LogP contribution in [0.25, 0.3) is 0 Å². The maximum Gasteiger partial charge on any atom is 0.0303 e. The molecule has 1 rings (SSSR count). The van der Waals surface area contributed by atoms with Crippen molar-refractivity contribution >= 4 is 0 Å². The SMILES string of the molecule is CCCCCCCCCCN1CCCNC(CC)(CC)C1. The first-order chi connectivity index (χ1) is 10.3. The molecule has 0 aliphatic carbocycles. The predicted molar refractivity (Wildman–Crippen MR) is 95.0 cm³/mol. The summed E-state index contributed by atoms with van der Waals surface area (Å²) in [6, 6.07) is 0. The molecule has 0 aromatic carbocycles. The number of hydrogen-bond acceptors (Lipinski definition) is 2. The Bertz CT molecular complexity index is 236. The molecule has 0 atom stereocenters. The summed E-state index contributed by atoms with van der Waals surface area (Å²) in [5.74, 6) is 0. The van der Waals surface area contributed by atoms with Crippen LogP contribution in [0.1, 0.15) is 91.4 Å². The second-order valence-corrected chi connectivity index (χ2v) is 7.02. The highest BCUT2D eigenvalue weighted by molar-refractivity contribution is 4.91. The minimum absolute atomic E-state index is 0.386. The third-order valence-electron chi connectivity index (χ3n) is 5.36. The normalized spacial score (nSPS) is 19.6. The molecule has 0 radical (unpaired) electrons. The van der Waals surface area contributed by atoms with Gasteiger partial charge in [-0.05, 0) is 45.3 Å². The first-order valence-corrected chi connectivity index (χ1v) is 9.73. The van der Waals surface area contributed by atoms with Gasteiger partial charge in [-0.2, -0.15) is 0 Å². The summed E-state index contributed by atoms with van der Waals surface area (Å²) in [5.41, 5.74) is 0.386. The van der Waals surface area contributed by atoms with E-state index in [2.05, 4.69) is 31.0 Å². The fraction of sp³-hybridized carbons (Fsp3) is 1.00. The summed E-state index contributed by atoms with van der Waals surface area (Å²) in [5, 5.41) is 3.81. The second kappa shape index (κ2) is 11.5. The van der Waals surface area contributed by atoms with Crippen molar-refractivity contribution < 1.29 is 0 Å². The maximum atomic E-state index is 3.81. The Morgan fingerprint density at radius 3 is 2.10 bits per heavy atom. The third-order valence-corrected chi connectivity index (χ3v) is 5.36. The van der Waals surface area contributed by atoms with Crippen molar-refractivity contribution in [2.24, 2.45) is 0 Å². The zero-order valence-electron chi connectivity index (χ0n) is 15.1. The fourth-order valence-corrected chi connectivity index (χ4v) is 3.60. The lowest BCUT2D eigenvalue weighted by molar-refractivity contribution is 0.194. The largest absolute Gasteiger partial charge is 0.310 e. The first-order valence-electron chi connectivity index (χ1n) is 9.73. The van der Waals surface area contributed by atoms with Gasteiger partial charge in [-0.1, -0.05) is 65.7 Å². The highest BCUT2D eigenvalue weighted by Gasteiger charge is 2.29. The summed E-state index contributed by atoms with van der Waals surface area (Å²) < 4.78 is 0. The predicted octanol–water partition coefficient (Wildman–Crippen LogP) is 4.98. The van der Waals surface area contributed by atoms with Gasteiger partial charge in [-0.3, -0.25) is 0 Å². The molecule has 0 spiro atoms. The van der Waals surface area contributed by atoms with E-state index in [0.717, 1.165) is 0 Å². The van der Waals surface area contributed by atoms with Gasteiger partial charge in [0.25, 0.3) is 0 Å². The Hall–Kier alpha value is -0.0800. The van der Waals surface area contributed by atoms with E-state index in [0.29, 0.717) is 5.54 Å². The van der Waals surface area contributed by atoms with Crippen LogP contribution in [0.3, 0.4) is 0 Å². The summed E-state index contributed by atoms with van der Waals surface area (Å²) >= 11 is 0. The lowest BCUT2D eigenvalue weighted by Gasteiger charge is -2.35. The molecule has 0 aromatic heterocycles. The molecule has 1 fully saturated rings. The monoisotopic (exact) mass is 296 g/mol. The van der Waals surface area contributed by atoms with Crippen LogP contribution in [-0.4, -0.2) is 36.6 Å². The topological polar surface area (TPSA) is 15.3 Å². The molecule has 2 heteroatoms. The van der Waals surface area contributed by atoms with Gasteiger partial charge in [0, 0.05) is 12.1 Å². The van der Waals surface area contributed by atoms with E-state index in [1.54, 1.807) is 0 Å². The van der Waals surface area contributed by atoms with Gasteiger partial charge in [0.2, 0.25) is 0 Å². The quantitative estimate of drug-likeness (QED) is 0.541. The Kier molecular flexibility index (Phi) is 10.4. The Morgan fingerprint density at radius 2 is 1.48 bits per heavy atom. The van der Waals surface area contributed by atoms with Gasteiger partial charge >= 0.3 is 0 Å². The van der Waals surface area contributed by atoms with E-state index in [1.165, 1.54) is 96.8 Å². The number of rotatable bonds is 11. The van der Waals surface area contributed by atoms with E-state index < -0.39 is 0 Å². The van der Waals surface area contributed by atoms with Crippen LogP contribution in [-0.2, 0) is 0 Å². The smallest absolute Gasteiger partial charge is 0.0303 e. The van der Waals surface area contributed by atoms with Gasteiger partial charge in [0.05, 0.1) is 0 Å². The van der Waals surface area contributed by atoms with E-state index in [-0.39, 0.29) is 0 Å².